The molecule has 4 rings (SSSR count). The number of amides is 2. The molecule has 1 aliphatic carbocycles. The first kappa shape index (κ1) is 29.6. The van der Waals surface area contributed by atoms with Crippen molar-refractivity contribution in [1.29, 1.82) is 0 Å². The molecule has 0 spiro atoms. The zero-order valence-electron chi connectivity index (χ0n) is 23.9. The molecule has 1 saturated carbocycles. The molecule has 1 saturated heterocycles. The van der Waals surface area contributed by atoms with Crippen LogP contribution in [0.3, 0.4) is 0 Å². The standard InChI is InChI=1S/C31H41FN2O6/c1-31(2,3)40-30(36)34(19-22-5-9-24(32)10-6-22)25-11-7-23(8-12-25)29(35)33-17-18-38-28(20-33)21-39-27-15-13-26(37-4)14-16-27/h5-6,9-10,13-16,23,25,28H,7-8,11-12,17-21H2,1-4H3/t23?,25?,28-/m1/s1. The van der Waals surface area contributed by atoms with Crippen LogP contribution in [0.4, 0.5) is 9.18 Å². The van der Waals surface area contributed by atoms with E-state index >= 15 is 0 Å². The van der Waals surface area contributed by atoms with Gasteiger partial charge in [-0.3, -0.25) is 4.79 Å². The van der Waals surface area contributed by atoms with Gasteiger partial charge in [-0.05, 0) is 88.4 Å². The van der Waals surface area contributed by atoms with Crippen molar-refractivity contribution in [3.05, 3.63) is 59.9 Å². The fourth-order valence-electron chi connectivity index (χ4n) is 5.22. The predicted octanol–water partition coefficient (Wildman–Crippen LogP) is 5.44. The van der Waals surface area contributed by atoms with Crippen LogP contribution in [-0.2, 0) is 20.8 Å². The van der Waals surface area contributed by atoms with Gasteiger partial charge in [0.15, 0.2) is 0 Å². The van der Waals surface area contributed by atoms with Gasteiger partial charge in [-0.15, -0.1) is 0 Å². The average Bonchev–Trinajstić information content (AvgIpc) is 2.95. The molecule has 8 nitrogen and oxygen atoms in total. The Bertz CT molecular complexity index is 1110. The number of halogens is 1. The number of rotatable bonds is 8. The lowest BCUT2D eigenvalue weighted by Crippen LogP contribution is -2.51. The van der Waals surface area contributed by atoms with E-state index in [4.69, 9.17) is 18.9 Å². The Morgan fingerprint density at radius 1 is 1.00 bits per heavy atom. The van der Waals surface area contributed by atoms with E-state index in [0.29, 0.717) is 58.5 Å². The molecule has 2 amide bonds. The van der Waals surface area contributed by atoms with Crippen LogP contribution < -0.4 is 9.47 Å². The zero-order chi connectivity index (χ0) is 28.7. The second-order valence-electron chi connectivity index (χ2n) is 11.5. The summed E-state index contributed by atoms with van der Waals surface area (Å²) in [5, 5.41) is 0. The van der Waals surface area contributed by atoms with Gasteiger partial charge in [0.1, 0.15) is 35.6 Å². The molecule has 2 fully saturated rings. The largest absolute Gasteiger partial charge is 0.497 e. The first-order valence-electron chi connectivity index (χ1n) is 14.0. The number of methoxy groups -OCH3 is 1. The summed E-state index contributed by atoms with van der Waals surface area (Å²) in [7, 11) is 1.62. The zero-order valence-corrected chi connectivity index (χ0v) is 23.9. The van der Waals surface area contributed by atoms with Gasteiger partial charge < -0.3 is 28.7 Å². The van der Waals surface area contributed by atoms with Crippen LogP contribution in [0.25, 0.3) is 0 Å². The highest BCUT2D eigenvalue weighted by molar-refractivity contribution is 5.79. The van der Waals surface area contributed by atoms with Crippen molar-refractivity contribution in [2.75, 3.05) is 33.4 Å². The van der Waals surface area contributed by atoms with Gasteiger partial charge in [0.05, 0.1) is 20.3 Å². The first-order valence-corrected chi connectivity index (χ1v) is 14.0. The fraction of sp³-hybridized carbons (Fsp3) is 0.548. The summed E-state index contributed by atoms with van der Waals surface area (Å²) in [6, 6.07) is 13.5. The van der Waals surface area contributed by atoms with Crippen molar-refractivity contribution in [2.45, 2.75) is 70.7 Å². The number of benzene rings is 2. The molecule has 2 aromatic rings. The summed E-state index contributed by atoms with van der Waals surface area (Å²) < 4.78 is 36.1. The van der Waals surface area contributed by atoms with Gasteiger partial charge in [-0.2, -0.15) is 0 Å². The third-order valence-corrected chi connectivity index (χ3v) is 7.33. The summed E-state index contributed by atoms with van der Waals surface area (Å²) in [6.45, 7) is 7.74. The van der Waals surface area contributed by atoms with Gasteiger partial charge in [0.25, 0.3) is 0 Å². The minimum Gasteiger partial charge on any atom is -0.497 e. The second kappa shape index (κ2) is 13.4. The van der Waals surface area contributed by atoms with Crippen LogP contribution in [0, 0.1) is 11.7 Å². The molecular formula is C31H41FN2O6. The molecule has 0 bridgehead atoms. The third-order valence-electron chi connectivity index (χ3n) is 7.33. The maximum Gasteiger partial charge on any atom is 0.410 e. The predicted molar refractivity (Wildman–Crippen MR) is 149 cm³/mol. The Hall–Kier alpha value is -3.33. The monoisotopic (exact) mass is 556 g/mol. The highest BCUT2D eigenvalue weighted by Gasteiger charge is 2.36. The van der Waals surface area contributed by atoms with E-state index in [1.54, 1.807) is 24.1 Å². The number of ether oxygens (including phenoxy) is 4. The van der Waals surface area contributed by atoms with Crippen LogP contribution in [0.2, 0.25) is 0 Å². The van der Waals surface area contributed by atoms with Crippen molar-refractivity contribution in [2.24, 2.45) is 5.92 Å². The van der Waals surface area contributed by atoms with Gasteiger partial charge >= 0.3 is 6.09 Å². The number of hydrogen-bond donors (Lipinski definition) is 0. The molecule has 1 heterocycles. The van der Waals surface area contributed by atoms with Crippen LogP contribution >= 0.6 is 0 Å². The van der Waals surface area contributed by atoms with Crippen molar-refractivity contribution in [1.82, 2.24) is 9.80 Å². The molecule has 0 radical (unpaired) electrons. The Kier molecular flexibility index (Phi) is 9.90. The lowest BCUT2D eigenvalue weighted by molar-refractivity contribution is -0.145. The molecule has 0 N–H and O–H groups in total. The molecule has 1 aliphatic heterocycles. The summed E-state index contributed by atoms with van der Waals surface area (Å²) in [4.78, 5) is 30.2. The smallest absolute Gasteiger partial charge is 0.410 e. The molecule has 0 unspecified atom stereocenters. The quantitative estimate of drug-likeness (QED) is 0.431. The number of morpholine rings is 1. The van der Waals surface area contributed by atoms with Crippen molar-refractivity contribution < 1.29 is 32.9 Å². The summed E-state index contributed by atoms with van der Waals surface area (Å²) >= 11 is 0. The minimum atomic E-state index is -0.630. The number of hydrogen-bond acceptors (Lipinski definition) is 6. The molecular weight excluding hydrogens is 515 g/mol. The van der Waals surface area contributed by atoms with Crippen molar-refractivity contribution >= 4 is 12.0 Å². The van der Waals surface area contributed by atoms with Gasteiger partial charge in [0, 0.05) is 25.0 Å². The Labute approximate surface area is 236 Å². The fourth-order valence-corrected chi connectivity index (χ4v) is 5.22. The van der Waals surface area contributed by atoms with Gasteiger partial charge in [-0.25, -0.2) is 9.18 Å². The van der Waals surface area contributed by atoms with Crippen LogP contribution in [-0.4, -0.2) is 73.0 Å². The minimum absolute atomic E-state index is 0.0562. The number of carbonyl (C=O) groups excluding carboxylic acids is 2. The molecule has 218 valence electrons. The normalized spacial score (nSPS) is 21.4. The molecule has 2 aromatic carbocycles. The SMILES string of the molecule is COc1ccc(OC[C@H]2CN(C(=O)C3CCC(N(Cc4ccc(F)cc4)C(=O)OC(C)(C)C)CC3)CCO2)cc1. The maximum atomic E-state index is 13.4. The molecule has 2 aliphatic rings. The van der Waals surface area contributed by atoms with Crippen LogP contribution in [0.5, 0.6) is 11.5 Å². The first-order chi connectivity index (χ1) is 19.1. The molecule has 9 heteroatoms. The van der Waals surface area contributed by atoms with E-state index in [9.17, 15) is 14.0 Å². The van der Waals surface area contributed by atoms with E-state index in [-0.39, 0.29) is 35.9 Å². The Morgan fingerprint density at radius 2 is 1.65 bits per heavy atom. The third kappa shape index (κ3) is 8.34. The topological polar surface area (TPSA) is 77.5 Å². The van der Waals surface area contributed by atoms with Crippen molar-refractivity contribution in [3.63, 3.8) is 0 Å². The van der Waals surface area contributed by atoms with Crippen molar-refractivity contribution in [3.8, 4) is 11.5 Å². The lowest BCUT2D eigenvalue weighted by atomic mass is 9.84. The number of carbonyl (C=O) groups is 2. The summed E-state index contributed by atoms with van der Waals surface area (Å²) in [5.41, 5.74) is 0.205. The van der Waals surface area contributed by atoms with Crippen LogP contribution in [0.1, 0.15) is 52.0 Å². The average molecular weight is 557 g/mol. The van der Waals surface area contributed by atoms with Crippen LogP contribution in [0.15, 0.2) is 48.5 Å². The van der Waals surface area contributed by atoms with E-state index in [1.165, 1.54) is 12.1 Å². The van der Waals surface area contributed by atoms with E-state index in [0.717, 1.165) is 17.1 Å². The van der Waals surface area contributed by atoms with E-state index in [2.05, 4.69) is 0 Å². The van der Waals surface area contributed by atoms with E-state index in [1.807, 2.05) is 49.9 Å². The highest BCUT2D eigenvalue weighted by Crippen LogP contribution is 2.31. The second-order valence-corrected chi connectivity index (χ2v) is 11.5. The highest BCUT2D eigenvalue weighted by atomic mass is 19.1. The summed E-state index contributed by atoms with van der Waals surface area (Å²) in [5.74, 6) is 1.21. The number of nitrogens with zero attached hydrogens (tertiary/aromatic N) is 2. The van der Waals surface area contributed by atoms with Gasteiger partial charge in [0.2, 0.25) is 5.91 Å². The molecule has 40 heavy (non-hydrogen) atoms. The maximum absolute atomic E-state index is 13.4. The summed E-state index contributed by atoms with van der Waals surface area (Å²) in [6.07, 6.45) is 2.19. The lowest BCUT2D eigenvalue weighted by Gasteiger charge is -2.39. The Morgan fingerprint density at radius 3 is 2.27 bits per heavy atom. The Balaban J connectivity index is 1.31. The molecule has 0 aromatic heterocycles. The molecule has 1 atom stereocenters. The van der Waals surface area contributed by atoms with Gasteiger partial charge in [-0.1, -0.05) is 12.1 Å². The van der Waals surface area contributed by atoms with E-state index < -0.39 is 5.60 Å².